The van der Waals surface area contributed by atoms with E-state index < -0.39 is 0 Å². The number of carbonyl (C=O) groups excluding carboxylic acids is 2. The quantitative estimate of drug-likeness (QED) is 0.764. The Kier molecular flexibility index (Phi) is 3.15. The summed E-state index contributed by atoms with van der Waals surface area (Å²) < 4.78 is 0. The highest BCUT2D eigenvalue weighted by molar-refractivity contribution is 5.91. The smallest absolute Gasteiger partial charge is 0.231 e. The summed E-state index contributed by atoms with van der Waals surface area (Å²) in [5, 5.41) is 2.64. The number of Topliss-reactive ketones (excluding diaryl/α,β-unsaturated/α-hetero) is 1. The molecule has 2 aliphatic carbocycles. The van der Waals surface area contributed by atoms with Crippen LogP contribution in [0.4, 0.5) is 0 Å². The van der Waals surface area contributed by atoms with E-state index in [2.05, 4.69) is 5.32 Å². The van der Waals surface area contributed by atoms with Crippen LogP contribution in [0.25, 0.3) is 0 Å². The minimum Gasteiger partial charge on any atom is -0.348 e. The second kappa shape index (κ2) is 4.75. The second-order valence-corrected chi connectivity index (χ2v) is 3.78. The third-order valence-electron chi connectivity index (χ3n) is 2.61. The summed E-state index contributed by atoms with van der Waals surface area (Å²) in [6.07, 6.45) is 14.6. The minimum atomic E-state index is -0.220. The van der Waals surface area contributed by atoms with Gasteiger partial charge in [0.2, 0.25) is 5.91 Å². The molecule has 0 bridgehead atoms. The SMILES string of the molecule is O=C(CNC(=O)C1C=CC=C1)C1C=CC=C1. The molecule has 0 aromatic heterocycles. The van der Waals surface area contributed by atoms with Gasteiger partial charge in [-0.05, 0) is 0 Å². The number of amides is 1. The molecule has 0 saturated carbocycles. The van der Waals surface area contributed by atoms with Gasteiger partial charge in [0.15, 0.2) is 5.78 Å². The molecule has 0 heterocycles. The van der Waals surface area contributed by atoms with E-state index in [4.69, 9.17) is 0 Å². The molecule has 16 heavy (non-hydrogen) atoms. The van der Waals surface area contributed by atoms with Crippen molar-refractivity contribution in [3.8, 4) is 0 Å². The third-order valence-corrected chi connectivity index (χ3v) is 2.61. The van der Waals surface area contributed by atoms with Crippen molar-refractivity contribution in [1.82, 2.24) is 5.32 Å². The molecule has 0 saturated heterocycles. The zero-order chi connectivity index (χ0) is 11.4. The van der Waals surface area contributed by atoms with Crippen LogP contribution in [0, 0.1) is 11.8 Å². The largest absolute Gasteiger partial charge is 0.348 e. The molecule has 0 unspecified atom stereocenters. The number of carbonyl (C=O) groups is 2. The zero-order valence-electron chi connectivity index (χ0n) is 8.80. The van der Waals surface area contributed by atoms with Crippen LogP contribution in [0.3, 0.4) is 0 Å². The summed E-state index contributed by atoms with van der Waals surface area (Å²) in [5.41, 5.74) is 0. The number of allylic oxidation sites excluding steroid dienone is 6. The first-order valence-electron chi connectivity index (χ1n) is 5.28. The lowest BCUT2D eigenvalue weighted by Crippen LogP contribution is -2.34. The van der Waals surface area contributed by atoms with Crippen molar-refractivity contribution >= 4 is 11.7 Å². The first-order chi connectivity index (χ1) is 7.77. The average molecular weight is 215 g/mol. The van der Waals surface area contributed by atoms with Crippen molar-refractivity contribution in [3.63, 3.8) is 0 Å². The predicted molar refractivity (Wildman–Crippen MR) is 61.6 cm³/mol. The van der Waals surface area contributed by atoms with Crippen molar-refractivity contribution in [3.05, 3.63) is 48.6 Å². The zero-order valence-corrected chi connectivity index (χ0v) is 8.80. The molecule has 0 fully saturated rings. The number of hydrogen-bond acceptors (Lipinski definition) is 2. The second-order valence-electron chi connectivity index (χ2n) is 3.78. The van der Waals surface area contributed by atoms with E-state index in [1.807, 2.05) is 36.5 Å². The summed E-state index contributed by atoms with van der Waals surface area (Å²) >= 11 is 0. The number of rotatable bonds is 4. The van der Waals surface area contributed by atoms with Crippen LogP contribution < -0.4 is 5.32 Å². The van der Waals surface area contributed by atoms with Crippen LogP contribution in [0.15, 0.2) is 48.6 Å². The van der Waals surface area contributed by atoms with Crippen LogP contribution in [0.2, 0.25) is 0 Å². The van der Waals surface area contributed by atoms with Gasteiger partial charge in [-0.15, -0.1) is 0 Å². The Balaban J connectivity index is 1.78. The highest BCUT2D eigenvalue weighted by atomic mass is 16.2. The molecule has 82 valence electrons. The molecule has 2 rings (SSSR count). The summed E-state index contributed by atoms with van der Waals surface area (Å²) in [4.78, 5) is 23.2. The lowest BCUT2D eigenvalue weighted by Gasteiger charge is -2.08. The third kappa shape index (κ3) is 2.37. The van der Waals surface area contributed by atoms with Gasteiger partial charge in [-0.25, -0.2) is 0 Å². The minimum absolute atomic E-state index is 0.0179. The van der Waals surface area contributed by atoms with E-state index >= 15 is 0 Å². The molecule has 0 aromatic rings. The van der Waals surface area contributed by atoms with E-state index in [-0.39, 0.29) is 30.1 Å². The Morgan fingerprint density at radius 1 is 0.875 bits per heavy atom. The van der Waals surface area contributed by atoms with Gasteiger partial charge in [-0.1, -0.05) is 48.6 Å². The van der Waals surface area contributed by atoms with E-state index in [9.17, 15) is 9.59 Å². The summed E-state index contributed by atoms with van der Waals surface area (Å²) in [6, 6.07) is 0. The standard InChI is InChI=1S/C13H13NO2/c15-12(10-5-1-2-6-10)9-14-13(16)11-7-3-4-8-11/h1-8,10-11H,9H2,(H,14,16). The summed E-state index contributed by atoms with van der Waals surface area (Å²) in [6.45, 7) is 0.0936. The monoisotopic (exact) mass is 215 g/mol. The normalized spacial score (nSPS) is 18.5. The fourth-order valence-electron chi connectivity index (χ4n) is 1.66. The van der Waals surface area contributed by atoms with Gasteiger partial charge >= 0.3 is 0 Å². The molecular formula is C13H13NO2. The van der Waals surface area contributed by atoms with Gasteiger partial charge in [0.05, 0.1) is 18.4 Å². The van der Waals surface area contributed by atoms with Crippen molar-refractivity contribution in [2.24, 2.45) is 11.8 Å². The van der Waals surface area contributed by atoms with E-state index in [1.54, 1.807) is 12.2 Å². The van der Waals surface area contributed by atoms with E-state index in [1.165, 1.54) is 0 Å². The van der Waals surface area contributed by atoms with Crippen molar-refractivity contribution in [1.29, 1.82) is 0 Å². The highest BCUT2D eigenvalue weighted by Crippen LogP contribution is 2.10. The first kappa shape index (κ1) is 10.6. The Bertz CT molecular complexity index is 352. The fourth-order valence-corrected chi connectivity index (χ4v) is 1.66. The van der Waals surface area contributed by atoms with Crippen molar-refractivity contribution in [2.45, 2.75) is 0 Å². The number of nitrogens with one attached hydrogen (secondary N) is 1. The molecule has 0 atom stereocenters. The lowest BCUT2D eigenvalue weighted by molar-refractivity contribution is -0.126. The predicted octanol–water partition coefficient (Wildman–Crippen LogP) is 1.16. The maximum atomic E-state index is 11.6. The van der Waals surface area contributed by atoms with E-state index in [0.717, 1.165) is 0 Å². The van der Waals surface area contributed by atoms with Gasteiger partial charge < -0.3 is 5.32 Å². The van der Waals surface area contributed by atoms with E-state index in [0.29, 0.717) is 0 Å². The van der Waals surface area contributed by atoms with Crippen LogP contribution >= 0.6 is 0 Å². The van der Waals surface area contributed by atoms with Crippen LogP contribution in [0.1, 0.15) is 0 Å². The Morgan fingerprint density at radius 2 is 1.38 bits per heavy atom. The van der Waals surface area contributed by atoms with Gasteiger partial charge in [0.1, 0.15) is 0 Å². The van der Waals surface area contributed by atoms with Crippen LogP contribution in [0.5, 0.6) is 0 Å². The van der Waals surface area contributed by atoms with Crippen LogP contribution in [-0.4, -0.2) is 18.2 Å². The summed E-state index contributed by atoms with van der Waals surface area (Å²) in [5.74, 6) is -0.494. The maximum absolute atomic E-state index is 11.6. The molecule has 3 heteroatoms. The van der Waals surface area contributed by atoms with Gasteiger partial charge in [-0.2, -0.15) is 0 Å². The summed E-state index contributed by atoms with van der Waals surface area (Å²) in [7, 11) is 0. The maximum Gasteiger partial charge on any atom is 0.231 e. The molecule has 0 spiro atoms. The van der Waals surface area contributed by atoms with Gasteiger partial charge in [-0.3, -0.25) is 9.59 Å². The number of ketones is 1. The van der Waals surface area contributed by atoms with Gasteiger partial charge in [0, 0.05) is 0 Å². The average Bonchev–Trinajstić information content (AvgIpc) is 2.95. The fraction of sp³-hybridized carbons (Fsp3) is 0.231. The lowest BCUT2D eigenvalue weighted by atomic mass is 10.1. The molecular weight excluding hydrogens is 202 g/mol. The van der Waals surface area contributed by atoms with Crippen LogP contribution in [-0.2, 0) is 9.59 Å². The van der Waals surface area contributed by atoms with Crippen molar-refractivity contribution in [2.75, 3.05) is 6.54 Å². The Labute approximate surface area is 94.2 Å². The highest BCUT2D eigenvalue weighted by Gasteiger charge is 2.18. The topological polar surface area (TPSA) is 46.2 Å². The molecule has 1 amide bonds. The molecule has 0 aromatic carbocycles. The molecule has 3 nitrogen and oxygen atoms in total. The Morgan fingerprint density at radius 3 is 1.94 bits per heavy atom. The van der Waals surface area contributed by atoms with Gasteiger partial charge in [0.25, 0.3) is 0 Å². The Hall–Kier alpha value is -1.90. The first-order valence-corrected chi connectivity index (χ1v) is 5.28. The molecule has 1 N–H and O–H groups in total. The number of hydrogen-bond donors (Lipinski definition) is 1. The van der Waals surface area contributed by atoms with Crippen molar-refractivity contribution < 1.29 is 9.59 Å². The molecule has 0 radical (unpaired) electrons. The molecule has 2 aliphatic rings. The molecule has 0 aliphatic heterocycles.